The van der Waals surface area contributed by atoms with Gasteiger partial charge in [-0.25, -0.2) is 4.39 Å². The maximum absolute atomic E-state index is 13.4. The van der Waals surface area contributed by atoms with Crippen molar-refractivity contribution in [2.24, 2.45) is 0 Å². The Morgan fingerprint density at radius 3 is 2.48 bits per heavy atom. The molecule has 1 aromatic heterocycles. The maximum Gasteiger partial charge on any atom is 0.416 e. The summed E-state index contributed by atoms with van der Waals surface area (Å²) in [6.07, 6.45) is -2.24. The number of aryl methyl sites for hydroxylation is 1. The lowest BCUT2D eigenvalue weighted by molar-refractivity contribution is -0.138. The number of nitrogens with one attached hydrogen (secondary N) is 1. The summed E-state index contributed by atoms with van der Waals surface area (Å²) in [4.78, 5) is 3.77. The average Bonchev–Trinajstić information content (AvgIpc) is 2.43. The van der Waals surface area contributed by atoms with Crippen molar-refractivity contribution >= 4 is 0 Å². The molecule has 0 bridgehead atoms. The highest BCUT2D eigenvalue weighted by Gasteiger charge is 2.35. The molecule has 0 aliphatic rings. The van der Waals surface area contributed by atoms with Gasteiger partial charge in [0.15, 0.2) is 0 Å². The fraction of sp³-hybridized carbons (Fsp3) is 0.267. The van der Waals surface area contributed by atoms with Crippen LogP contribution in [0.2, 0.25) is 0 Å². The maximum atomic E-state index is 13.4. The van der Waals surface area contributed by atoms with E-state index in [-0.39, 0.29) is 5.56 Å². The lowest BCUT2D eigenvalue weighted by Crippen LogP contribution is -2.23. The molecule has 0 saturated carbocycles. The molecule has 0 aliphatic carbocycles. The molecule has 21 heavy (non-hydrogen) atoms. The van der Waals surface area contributed by atoms with Crippen LogP contribution in [0.4, 0.5) is 17.6 Å². The topological polar surface area (TPSA) is 24.9 Å². The number of pyridine rings is 1. The molecule has 1 atom stereocenters. The van der Waals surface area contributed by atoms with Crippen LogP contribution >= 0.6 is 0 Å². The third-order valence-corrected chi connectivity index (χ3v) is 3.31. The minimum atomic E-state index is -4.49. The van der Waals surface area contributed by atoms with Crippen LogP contribution in [-0.2, 0) is 6.18 Å². The lowest BCUT2D eigenvalue weighted by atomic mass is 9.93. The summed E-state index contributed by atoms with van der Waals surface area (Å²) in [6, 6.07) is 4.20. The van der Waals surface area contributed by atoms with Gasteiger partial charge in [-0.05, 0) is 43.3 Å². The molecule has 2 aromatic rings. The van der Waals surface area contributed by atoms with E-state index in [0.717, 1.165) is 18.5 Å². The summed E-state index contributed by atoms with van der Waals surface area (Å²) in [5, 5.41) is 2.81. The van der Waals surface area contributed by atoms with E-state index in [4.69, 9.17) is 0 Å². The van der Waals surface area contributed by atoms with Crippen LogP contribution in [-0.4, -0.2) is 12.0 Å². The van der Waals surface area contributed by atoms with Crippen LogP contribution < -0.4 is 5.32 Å². The van der Waals surface area contributed by atoms with Crippen LogP contribution in [0.5, 0.6) is 0 Å². The fourth-order valence-corrected chi connectivity index (χ4v) is 2.30. The van der Waals surface area contributed by atoms with E-state index in [1.54, 1.807) is 13.0 Å². The van der Waals surface area contributed by atoms with Gasteiger partial charge in [-0.1, -0.05) is 6.07 Å². The number of halogens is 4. The van der Waals surface area contributed by atoms with E-state index in [2.05, 4.69) is 10.3 Å². The Bertz CT molecular complexity index is 638. The number of rotatable bonds is 3. The molecular weight excluding hydrogens is 284 g/mol. The predicted octanol–water partition coefficient (Wildman–Crippen LogP) is 3.86. The Morgan fingerprint density at radius 1 is 1.14 bits per heavy atom. The summed E-state index contributed by atoms with van der Waals surface area (Å²) >= 11 is 0. The van der Waals surface area contributed by atoms with Gasteiger partial charge in [-0.3, -0.25) is 4.98 Å². The van der Waals surface area contributed by atoms with Crippen molar-refractivity contribution in [3.63, 3.8) is 0 Å². The standard InChI is InChI=1S/C15H14F4N2/c1-9-3-4-10(16)7-11(9)14(20-2)12-8-21-6-5-13(12)15(17,18)19/h3-8,14,20H,1-2H3. The second kappa shape index (κ2) is 5.81. The molecule has 0 radical (unpaired) electrons. The van der Waals surface area contributed by atoms with E-state index >= 15 is 0 Å². The number of hydrogen-bond acceptors (Lipinski definition) is 2. The molecule has 1 unspecified atom stereocenters. The normalized spacial score (nSPS) is 13.2. The molecule has 0 fully saturated rings. The molecule has 0 saturated heterocycles. The minimum absolute atomic E-state index is 0.0267. The first-order valence-corrected chi connectivity index (χ1v) is 6.29. The largest absolute Gasteiger partial charge is 0.416 e. The summed E-state index contributed by atoms with van der Waals surface area (Å²) < 4.78 is 52.8. The second-order valence-corrected chi connectivity index (χ2v) is 4.68. The van der Waals surface area contributed by atoms with E-state index in [0.29, 0.717) is 11.1 Å². The summed E-state index contributed by atoms with van der Waals surface area (Å²) in [5.74, 6) is -0.492. The van der Waals surface area contributed by atoms with Crippen molar-refractivity contribution in [1.29, 1.82) is 0 Å². The molecule has 0 spiro atoms. The monoisotopic (exact) mass is 298 g/mol. The zero-order valence-electron chi connectivity index (χ0n) is 11.5. The van der Waals surface area contributed by atoms with Crippen LogP contribution in [0.3, 0.4) is 0 Å². The predicted molar refractivity (Wildman–Crippen MR) is 71.3 cm³/mol. The Labute approximate surface area is 119 Å². The van der Waals surface area contributed by atoms with E-state index in [1.165, 1.54) is 19.2 Å². The molecule has 2 nitrogen and oxygen atoms in total. The zero-order chi connectivity index (χ0) is 15.6. The van der Waals surface area contributed by atoms with E-state index in [1.807, 2.05) is 0 Å². The molecule has 112 valence electrons. The zero-order valence-corrected chi connectivity index (χ0v) is 11.5. The Morgan fingerprint density at radius 2 is 1.86 bits per heavy atom. The summed E-state index contributed by atoms with van der Waals surface area (Å²) in [6.45, 7) is 1.72. The SMILES string of the molecule is CNC(c1cc(F)ccc1C)c1cnccc1C(F)(F)F. The van der Waals surface area contributed by atoms with Crippen molar-refractivity contribution in [2.75, 3.05) is 7.05 Å². The third-order valence-electron chi connectivity index (χ3n) is 3.31. The highest BCUT2D eigenvalue weighted by molar-refractivity contribution is 5.40. The van der Waals surface area contributed by atoms with Crippen LogP contribution in [0.25, 0.3) is 0 Å². The van der Waals surface area contributed by atoms with Crippen molar-refractivity contribution in [3.05, 3.63) is 64.7 Å². The quantitative estimate of drug-likeness (QED) is 0.870. The summed E-state index contributed by atoms with van der Waals surface area (Å²) in [7, 11) is 1.53. The van der Waals surface area contributed by atoms with Gasteiger partial charge in [0, 0.05) is 18.0 Å². The van der Waals surface area contributed by atoms with Crippen LogP contribution in [0.15, 0.2) is 36.7 Å². The number of benzene rings is 1. The molecule has 1 heterocycles. The smallest absolute Gasteiger partial charge is 0.309 e. The van der Waals surface area contributed by atoms with Gasteiger partial charge < -0.3 is 5.32 Å². The average molecular weight is 298 g/mol. The number of alkyl halides is 3. The minimum Gasteiger partial charge on any atom is -0.309 e. The van der Waals surface area contributed by atoms with E-state index < -0.39 is 23.6 Å². The van der Waals surface area contributed by atoms with Gasteiger partial charge in [0.25, 0.3) is 0 Å². The highest BCUT2D eigenvalue weighted by Crippen LogP contribution is 2.36. The highest BCUT2D eigenvalue weighted by atomic mass is 19.4. The Kier molecular flexibility index (Phi) is 4.27. The van der Waals surface area contributed by atoms with Crippen molar-refractivity contribution in [3.8, 4) is 0 Å². The van der Waals surface area contributed by atoms with Crippen molar-refractivity contribution in [1.82, 2.24) is 10.3 Å². The van der Waals surface area contributed by atoms with Gasteiger partial charge in [-0.2, -0.15) is 13.2 Å². The van der Waals surface area contributed by atoms with Gasteiger partial charge in [0.2, 0.25) is 0 Å². The molecular formula is C15H14F4N2. The molecule has 2 rings (SSSR count). The third kappa shape index (κ3) is 3.21. The van der Waals surface area contributed by atoms with Crippen LogP contribution in [0, 0.1) is 12.7 Å². The molecule has 1 N–H and O–H groups in total. The summed E-state index contributed by atoms with van der Waals surface area (Å²) in [5.41, 5.74) is 0.352. The van der Waals surface area contributed by atoms with Gasteiger partial charge in [-0.15, -0.1) is 0 Å². The lowest BCUT2D eigenvalue weighted by Gasteiger charge is -2.22. The first-order chi connectivity index (χ1) is 9.84. The Balaban J connectivity index is 2.60. The van der Waals surface area contributed by atoms with Crippen molar-refractivity contribution < 1.29 is 17.6 Å². The fourth-order valence-electron chi connectivity index (χ4n) is 2.30. The molecule has 1 aromatic carbocycles. The number of nitrogens with zero attached hydrogens (tertiary/aromatic N) is 1. The van der Waals surface area contributed by atoms with Gasteiger partial charge in [0.1, 0.15) is 5.82 Å². The van der Waals surface area contributed by atoms with E-state index in [9.17, 15) is 17.6 Å². The first-order valence-electron chi connectivity index (χ1n) is 6.29. The molecule has 0 aliphatic heterocycles. The first kappa shape index (κ1) is 15.4. The second-order valence-electron chi connectivity index (χ2n) is 4.68. The molecule has 0 amide bonds. The van der Waals surface area contributed by atoms with Crippen LogP contribution in [0.1, 0.15) is 28.3 Å². The number of aromatic nitrogens is 1. The van der Waals surface area contributed by atoms with Gasteiger partial charge >= 0.3 is 6.18 Å². The number of hydrogen-bond donors (Lipinski definition) is 1. The Hall–Kier alpha value is -1.95. The van der Waals surface area contributed by atoms with Gasteiger partial charge in [0.05, 0.1) is 11.6 Å². The molecule has 6 heteroatoms. The van der Waals surface area contributed by atoms with Crippen molar-refractivity contribution in [2.45, 2.75) is 19.1 Å².